The molecule has 1 unspecified atom stereocenters. The van der Waals surface area contributed by atoms with Crippen molar-refractivity contribution in [2.24, 2.45) is 0 Å². The molecule has 1 atom stereocenters. The molecule has 0 saturated carbocycles. The Hall–Kier alpha value is -3.34. The van der Waals surface area contributed by atoms with Crippen molar-refractivity contribution in [3.05, 3.63) is 29.8 Å². The molecular weight excluding hydrogens is 434 g/mol. The van der Waals surface area contributed by atoms with Crippen molar-refractivity contribution in [3.8, 4) is 5.75 Å². The normalized spacial score (nSPS) is 11.8. The van der Waals surface area contributed by atoms with Crippen molar-refractivity contribution < 1.29 is 38.9 Å². The quantitative estimate of drug-likeness (QED) is 0.349. The summed E-state index contributed by atoms with van der Waals surface area (Å²) in [5, 5.41) is 24.7. The van der Waals surface area contributed by atoms with Gasteiger partial charge in [-0.25, -0.2) is 4.79 Å². The number of hydrogen-bond acceptors (Lipinski definition) is 8. The molecule has 0 aliphatic carbocycles. The number of ether oxygens (including phenoxy) is 2. The molecule has 3 amide bonds. The molecule has 0 saturated heterocycles. The van der Waals surface area contributed by atoms with Gasteiger partial charge in [0, 0.05) is 18.7 Å². The van der Waals surface area contributed by atoms with E-state index in [1.807, 2.05) is 0 Å². The molecule has 184 valence electrons. The van der Waals surface area contributed by atoms with Crippen LogP contribution in [0.4, 0.5) is 4.79 Å². The Morgan fingerprint density at radius 1 is 1.12 bits per heavy atom. The monoisotopic (exact) mass is 467 g/mol. The van der Waals surface area contributed by atoms with Crippen molar-refractivity contribution in [2.75, 3.05) is 32.8 Å². The molecule has 33 heavy (non-hydrogen) atoms. The Morgan fingerprint density at radius 2 is 1.79 bits per heavy atom. The summed E-state index contributed by atoms with van der Waals surface area (Å²) in [4.78, 5) is 50.4. The van der Waals surface area contributed by atoms with E-state index in [1.54, 1.807) is 39.8 Å². The van der Waals surface area contributed by atoms with E-state index in [1.165, 1.54) is 12.1 Å². The summed E-state index contributed by atoms with van der Waals surface area (Å²) in [7, 11) is 0. The molecule has 4 N–H and O–H groups in total. The van der Waals surface area contributed by atoms with E-state index in [2.05, 4.69) is 10.6 Å². The average Bonchev–Trinajstić information content (AvgIpc) is 2.72. The molecule has 0 aliphatic rings. The number of aliphatic hydroxyl groups is 1. The second-order valence-corrected chi connectivity index (χ2v) is 7.97. The molecule has 0 aromatic heterocycles. The predicted octanol–water partition coefficient (Wildman–Crippen LogP) is 0.848. The highest BCUT2D eigenvalue weighted by Crippen LogP contribution is 2.29. The maximum absolute atomic E-state index is 13.0. The molecule has 0 spiro atoms. The summed E-state index contributed by atoms with van der Waals surface area (Å²) in [5.74, 6) is -2.11. The van der Waals surface area contributed by atoms with Crippen LogP contribution in [0.3, 0.4) is 0 Å². The average molecular weight is 468 g/mol. The lowest BCUT2D eigenvalue weighted by Crippen LogP contribution is -2.49. The van der Waals surface area contributed by atoms with Gasteiger partial charge in [-0.15, -0.1) is 0 Å². The minimum atomic E-state index is -1.33. The van der Waals surface area contributed by atoms with E-state index in [4.69, 9.17) is 9.47 Å². The highest BCUT2D eigenvalue weighted by Gasteiger charge is 2.33. The van der Waals surface area contributed by atoms with Crippen molar-refractivity contribution in [2.45, 2.75) is 45.8 Å². The van der Waals surface area contributed by atoms with Gasteiger partial charge in [-0.1, -0.05) is 18.2 Å². The lowest BCUT2D eigenvalue weighted by Gasteiger charge is -2.31. The summed E-state index contributed by atoms with van der Waals surface area (Å²) in [6.45, 7) is 5.58. The molecule has 0 aliphatic heterocycles. The van der Waals surface area contributed by atoms with Crippen LogP contribution in [0.2, 0.25) is 0 Å². The summed E-state index contributed by atoms with van der Waals surface area (Å²) in [6, 6.07) is 4.62. The zero-order chi connectivity index (χ0) is 25.0. The third kappa shape index (κ3) is 9.77. The summed E-state index contributed by atoms with van der Waals surface area (Å²) in [6.07, 6.45) is -0.904. The molecule has 0 radical (unpaired) electrons. The van der Waals surface area contributed by atoms with Gasteiger partial charge in [-0.05, 0) is 33.8 Å². The molecule has 0 fully saturated rings. The van der Waals surface area contributed by atoms with E-state index in [0.29, 0.717) is 0 Å². The van der Waals surface area contributed by atoms with Crippen LogP contribution in [-0.4, -0.2) is 77.4 Å². The summed E-state index contributed by atoms with van der Waals surface area (Å²) in [5.41, 5.74) is -0.653. The second-order valence-electron chi connectivity index (χ2n) is 7.97. The predicted molar refractivity (Wildman–Crippen MR) is 118 cm³/mol. The van der Waals surface area contributed by atoms with Crippen LogP contribution < -0.4 is 10.6 Å². The fraction of sp³-hybridized carbons (Fsp3) is 0.545. The van der Waals surface area contributed by atoms with Crippen molar-refractivity contribution in [3.63, 3.8) is 0 Å². The largest absolute Gasteiger partial charge is 0.508 e. The molecular formula is C22H33N3O8. The number of phenols is 1. The van der Waals surface area contributed by atoms with Crippen LogP contribution in [0, 0.1) is 0 Å². The van der Waals surface area contributed by atoms with Gasteiger partial charge in [0.05, 0.1) is 19.6 Å². The second kappa shape index (κ2) is 13.3. The third-order valence-corrected chi connectivity index (χ3v) is 4.17. The highest BCUT2D eigenvalue weighted by molar-refractivity contribution is 5.91. The first kappa shape index (κ1) is 27.7. The van der Waals surface area contributed by atoms with Crippen molar-refractivity contribution >= 4 is 23.9 Å². The maximum atomic E-state index is 13.0. The van der Waals surface area contributed by atoms with Gasteiger partial charge in [0.25, 0.3) is 0 Å². The van der Waals surface area contributed by atoms with Gasteiger partial charge in [-0.3, -0.25) is 14.4 Å². The number of aromatic hydroxyl groups is 1. The number of esters is 1. The Bertz CT molecular complexity index is 822. The molecule has 0 bridgehead atoms. The van der Waals surface area contributed by atoms with Crippen molar-refractivity contribution in [1.82, 2.24) is 15.5 Å². The lowest BCUT2D eigenvalue weighted by atomic mass is 10.0. The lowest BCUT2D eigenvalue weighted by molar-refractivity contribution is -0.143. The van der Waals surface area contributed by atoms with E-state index in [9.17, 15) is 29.4 Å². The van der Waals surface area contributed by atoms with Crippen LogP contribution in [0.1, 0.15) is 45.7 Å². The molecule has 11 heteroatoms. The minimum Gasteiger partial charge on any atom is -0.508 e. The number of amides is 3. The highest BCUT2D eigenvalue weighted by atomic mass is 16.6. The first-order valence-electron chi connectivity index (χ1n) is 10.6. The number of phenolic OH excluding ortho intramolecular Hbond substituents is 1. The Labute approximate surface area is 193 Å². The van der Waals surface area contributed by atoms with E-state index in [-0.39, 0.29) is 37.4 Å². The molecule has 1 aromatic carbocycles. The van der Waals surface area contributed by atoms with Crippen LogP contribution in [-0.2, 0) is 23.9 Å². The summed E-state index contributed by atoms with van der Waals surface area (Å²) < 4.78 is 9.92. The van der Waals surface area contributed by atoms with E-state index < -0.39 is 48.7 Å². The number of carbonyl (C=O) groups excluding carboxylic acids is 4. The van der Waals surface area contributed by atoms with Gasteiger partial charge < -0.3 is 35.2 Å². The SMILES string of the molecule is CCOC(=O)CCNC(=O)C(c1ccccc1O)N(CCO)C(=O)CNC(=O)OC(C)(C)C. The zero-order valence-electron chi connectivity index (χ0n) is 19.4. The Morgan fingerprint density at radius 3 is 2.36 bits per heavy atom. The standard InChI is InChI=1S/C22H33N3O8/c1-5-32-18(29)10-11-23-20(30)19(15-8-6-7-9-16(15)27)25(12-13-26)17(28)14-24-21(31)33-22(2,3)4/h6-9,19,26-27H,5,10-14H2,1-4H3,(H,23,30)(H,24,31). The fourth-order valence-electron chi connectivity index (χ4n) is 2.86. The number of nitrogens with one attached hydrogen (secondary N) is 2. The summed E-state index contributed by atoms with van der Waals surface area (Å²) >= 11 is 0. The third-order valence-electron chi connectivity index (χ3n) is 4.17. The molecule has 0 heterocycles. The fourth-order valence-corrected chi connectivity index (χ4v) is 2.86. The van der Waals surface area contributed by atoms with Gasteiger partial charge in [0.15, 0.2) is 0 Å². The van der Waals surface area contributed by atoms with Gasteiger partial charge in [0.1, 0.15) is 23.9 Å². The van der Waals surface area contributed by atoms with Crippen LogP contribution >= 0.6 is 0 Å². The Balaban J connectivity index is 3.06. The minimum absolute atomic E-state index is 0.0565. The first-order valence-corrected chi connectivity index (χ1v) is 10.6. The van der Waals surface area contributed by atoms with E-state index >= 15 is 0 Å². The van der Waals surface area contributed by atoms with E-state index in [0.717, 1.165) is 4.90 Å². The van der Waals surface area contributed by atoms with Gasteiger partial charge in [0.2, 0.25) is 11.8 Å². The smallest absolute Gasteiger partial charge is 0.408 e. The van der Waals surface area contributed by atoms with Crippen LogP contribution in [0.25, 0.3) is 0 Å². The number of aliphatic hydroxyl groups excluding tert-OH is 1. The maximum Gasteiger partial charge on any atom is 0.408 e. The number of hydrogen-bond donors (Lipinski definition) is 4. The first-order chi connectivity index (χ1) is 15.5. The van der Waals surface area contributed by atoms with Gasteiger partial charge in [-0.2, -0.15) is 0 Å². The Kier molecular flexibility index (Phi) is 11.1. The number of carbonyl (C=O) groups is 4. The number of para-hydroxylation sites is 1. The number of benzene rings is 1. The number of rotatable bonds is 11. The van der Waals surface area contributed by atoms with Crippen LogP contribution in [0.5, 0.6) is 5.75 Å². The molecule has 11 nitrogen and oxygen atoms in total. The zero-order valence-corrected chi connectivity index (χ0v) is 19.4. The van der Waals surface area contributed by atoms with Crippen LogP contribution in [0.15, 0.2) is 24.3 Å². The topological polar surface area (TPSA) is 154 Å². The molecule has 1 aromatic rings. The van der Waals surface area contributed by atoms with Crippen molar-refractivity contribution in [1.29, 1.82) is 0 Å². The molecule has 1 rings (SSSR count). The number of alkyl carbamates (subject to hydrolysis) is 1. The number of nitrogens with zero attached hydrogens (tertiary/aromatic N) is 1. The van der Waals surface area contributed by atoms with Gasteiger partial charge >= 0.3 is 12.1 Å².